The molecule has 0 fully saturated rings. The molecule has 66 valence electrons. The Morgan fingerprint density at radius 1 is 1.33 bits per heavy atom. The van der Waals surface area contributed by atoms with Crippen LogP contribution < -0.4 is 5.73 Å². The summed E-state index contributed by atoms with van der Waals surface area (Å²) in [5.74, 6) is 1.30. The highest BCUT2D eigenvalue weighted by Crippen LogP contribution is 2.07. The molecular weight excluding hydrogens is 150 g/mol. The second-order valence-corrected chi connectivity index (χ2v) is 3.14. The van der Waals surface area contributed by atoms with E-state index in [0.717, 1.165) is 17.8 Å². The molecule has 3 nitrogen and oxygen atoms in total. The van der Waals surface area contributed by atoms with Crippen LogP contribution in [0.1, 0.15) is 31.2 Å². The van der Waals surface area contributed by atoms with Crippen LogP contribution in [0.4, 0.5) is 0 Å². The van der Waals surface area contributed by atoms with Gasteiger partial charge in [0.25, 0.3) is 0 Å². The molecule has 0 spiro atoms. The van der Waals surface area contributed by atoms with E-state index in [4.69, 9.17) is 5.73 Å². The van der Waals surface area contributed by atoms with Crippen molar-refractivity contribution in [2.24, 2.45) is 5.73 Å². The zero-order valence-electron chi connectivity index (χ0n) is 7.62. The Bertz CT molecular complexity index is 228. The maximum atomic E-state index is 5.40. The minimum atomic E-state index is 0.400. The fourth-order valence-electron chi connectivity index (χ4n) is 0.959. The van der Waals surface area contributed by atoms with Crippen LogP contribution in [-0.4, -0.2) is 16.5 Å². The smallest absolute Gasteiger partial charge is 0.130 e. The SMILES string of the molecule is CC(C)c1ncc(CCN)cn1. The summed E-state index contributed by atoms with van der Waals surface area (Å²) in [6.45, 7) is 4.82. The highest BCUT2D eigenvalue weighted by atomic mass is 14.9. The van der Waals surface area contributed by atoms with Gasteiger partial charge in [0.2, 0.25) is 0 Å². The topological polar surface area (TPSA) is 51.8 Å². The van der Waals surface area contributed by atoms with Gasteiger partial charge in [-0.2, -0.15) is 0 Å². The van der Waals surface area contributed by atoms with Crippen LogP contribution in [0.5, 0.6) is 0 Å². The first-order valence-electron chi connectivity index (χ1n) is 4.25. The van der Waals surface area contributed by atoms with E-state index in [2.05, 4.69) is 23.8 Å². The molecule has 0 aliphatic carbocycles. The molecular formula is C9H15N3. The second-order valence-electron chi connectivity index (χ2n) is 3.14. The Labute approximate surface area is 73.0 Å². The summed E-state index contributed by atoms with van der Waals surface area (Å²) in [7, 11) is 0. The maximum absolute atomic E-state index is 5.40. The normalized spacial score (nSPS) is 10.7. The minimum absolute atomic E-state index is 0.400. The van der Waals surface area contributed by atoms with Crippen LogP contribution in [0.15, 0.2) is 12.4 Å². The first-order chi connectivity index (χ1) is 5.74. The largest absolute Gasteiger partial charge is 0.330 e. The average molecular weight is 165 g/mol. The third-order valence-corrected chi connectivity index (χ3v) is 1.67. The quantitative estimate of drug-likeness (QED) is 0.729. The van der Waals surface area contributed by atoms with Crippen LogP contribution in [0.2, 0.25) is 0 Å². The van der Waals surface area contributed by atoms with Crippen molar-refractivity contribution < 1.29 is 0 Å². The monoisotopic (exact) mass is 165 g/mol. The first kappa shape index (κ1) is 9.13. The van der Waals surface area contributed by atoms with Gasteiger partial charge >= 0.3 is 0 Å². The van der Waals surface area contributed by atoms with E-state index < -0.39 is 0 Å². The van der Waals surface area contributed by atoms with Gasteiger partial charge in [-0.05, 0) is 18.5 Å². The maximum Gasteiger partial charge on any atom is 0.130 e. The molecule has 0 radical (unpaired) electrons. The van der Waals surface area contributed by atoms with Crippen molar-refractivity contribution in [2.75, 3.05) is 6.54 Å². The number of aromatic nitrogens is 2. The first-order valence-corrected chi connectivity index (χ1v) is 4.25. The summed E-state index contributed by atoms with van der Waals surface area (Å²) in [6, 6.07) is 0. The predicted octanol–water partition coefficient (Wildman–Crippen LogP) is 1.10. The van der Waals surface area contributed by atoms with Gasteiger partial charge in [-0.15, -0.1) is 0 Å². The molecule has 1 rings (SSSR count). The van der Waals surface area contributed by atoms with Gasteiger partial charge in [0.05, 0.1) is 0 Å². The van der Waals surface area contributed by atoms with Crippen molar-refractivity contribution >= 4 is 0 Å². The van der Waals surface area contributed by atoms with Crippen molar-refractivity contribution in [2.45, 2.75) is 26.2 Å². The van der Waals surface area contributed by atoms with Gasteiger partial charge in [0.1, 0.15) is 5.82 Å². The zero-order valence-corrected chi connectivity index (χ0v) is 7.62. The minimum Gasteiger partial charge on any atom is -0.330 e. The van der Waals surface area contributed by atoms with Crippen LogP contribution >= 0.6 is 0 Å². The van der Waals surface area contributed by atoms with Gasteiger partial charge in [-0.3, -0.25) is 0 Å². The number of nitrogens with two attached hydrogens (primary N) is 1. The standard InChI is InChI=1S/C9H15N3/c1-7(2)9-11-5-8(3-4-10)6-12-9/h5-7H,3-4,10H2,1-2H3. The van der Waals surface area contributed by atoms with Crippen molar-refractivity contribution in [3.8, 4) is 0 Å². The van der Waals surface area contributed by atoms with E-state index in [1.54, 1.807) is 0 Å². The molecule has 0 saturated heterocycles. The fourth-order valence-corrected chi connectivity index (χ4v) is 0.959. The van der Waals surface area contributed by atoms with Crippen LogP contribution in [0.3, 0.4) is 0 Å². The lowest BCUT2D eigenvalue weighted by Crippen LogP contribution is -2.05. The van der Waals surface area contributed by atoms with Gasteiger partial charge < -0.3 is 5.73 Å². The summed E-state index contributed by atoms with van der Waals surface area (Å²) in [4.78, 5) is 8.46. The number of hydrogen-bond acceptors (Lipinski definition) is 3. The molecule has 0 amide bonds. The van der Waals surface area contributed by atoms with E-state index in [9.17, 15) is 0 Å². The van der Waals surface area contributed by atoms with E-state index >= 15 is 0 Å². The Kier molecular flexibility index (Phi) is 3.17. The molecule has 12 heavy (non-hydrogen) atoms. The predicted molar refractivity (Wildman–Crippen MR) is 48.9 cm³/mol. The number of hydrogen-bond donors (Lipinski definition) is 1. The number of nitrogens with zero attached hydrogens (tertiary/aromatic N) is 2. The molecule has 1 aromatic heterocycles. The van der Waals surface area contributed by atoms with E-state index in [-0.39, 0.29) is 0 Å². The van der Waals surface area contributed by atoms with E-state index in [1.165, 1.54) is 0 Å². The van der Waals surface area contributed by atoms with Crippen molar-refractivity contribution in [1.29, 1.82) is 0 Å². The Morgan fingerprint density at radius 3 is 2.33 bits per heavy atom. The summed E-state index contributed by atoms with van der Waals surface area (Å²) >= 11 is 0. The molecule has 0 atom stereocenters. The molecule has 0 aromatic carbocycles. The molecule has 1 aromatic rings. The van der Waals surface area contributed by atoms with E-state index in [1.807, 2.05) is 12.4 Å². The molecule has 0 saturated carbocycles. The Balaban J connectivity index is 2.71. The second kappa shape index (κ2) is 4.16. The fraction of sp³-hybridized carbons (Fsp3) is 0.556. The van der Waals surface area contributed by atoms with Crippen LogP contribution in [0.25, 0.3) is 0 Å². The molecule has 3 heteroatoms. The highest BCUT2D eigenvalue weighted by Gasteiger charge is 2.01. The molecule has 0 aliphatic rings. The molecule has 0 unspecified atom stereocenters. The van der Waals surface area contributed by atoms with Crippen molar-refractivity contribution in [1.82, 2.24) is 9.97 Å². The summed E-state index contributed by atoms with van der Waals surface area (Å²) < 4.78 is 0. The molecule has 1 heterocycles. The molecule has 0 aliphatic heterocycles. The Hall–Kier alpha value is -0.960. The number of rotatable bonds is 3. The van der Waals surface area contributed by atoms with Crippen molar-refractivity contribution in [3.63, 3.8) is 0 Å². The molecule has 0 bridgehead atoms. The Morgan fingerprint density at radius 2 is 1.92 bits per heavy atom. The van der Waals surface area contributed by atoms with Gasteiger partial charge in [0.15, 0.2) is 0 Å². The third kappa shape index (κ3) is 2.27. The summed E-state index contributed by atoms with van der Waals surface area (Å²) in [5, 5.41) is 0. The molecule has 2 N–H and O–H groups in total. The van der Waals surface area contributed by atoms with Gasteiger partial charge in [-0.1, -0.05) is 13.8 Å². The average Bonchev–Trinajstić information content (AvgIpc) is 2.06. The van der Waals surface area contributed by atoms with Gasteiger partial charge in [0, 0.05) is 18.3 Å². The summed E-state index contributed by atoms with van der Waals surface area (Å²) in [5.41, 5.74) is 6.52. The van der Waals surface area contributed by atoms with Crippen molar-refractivity contribution in [3.05, 3.63) is 23.8 Å². The lowest BCUT2D eigenvalue weighted by Gasteiger charge is -2.03. The van der Waals surface area contributed by atoms with E-state index in [0.29, 0.717) is 12.5 Å². The highest BCUT2D eigenvalue weighted by molar-refractivity contribution is 5.06. The lowest BCUT2D eigenvalue weighted by atomic mass is 10.2. The third-order valence-electron chi connectivity index (χ3n) is 1.67. The lowest BCUT2D eigenvalue weighted by molar-refractivity contribution is 0.765. The zero-order chi connectivity index (χ0) is 8.97. The van der Waals surface area contributed by atoms with Crippen LogP contribution in [0, 0.1) is 0 Å². The van der Waals surface area contributed by atoms with Gasteiger partial charge in [-0.25, -0.2) is 9.97 Å². The summed E-state index contributed by atoms with van der Waals surface area (Å²) in [6.07, 6.45) is 4.57. The van der Waals surface area contributed by atoms with Crippen LogP contribution in [-0.2, 0) is 6.42 Å².